The van der Waals surface area contributed by atoms with Crippen LogP contribution in [0.1, 0.15) is 69.1 Å². The second-order valence-electron chi connectivity index (χ2n) is 9.25. The van der Waals surface area contributed by atoms with E-state index in [9.17, 15) is 13.2 Å². The molecule has 3 N–H and O–H groups in total. The number of amides is 1. The topological polar surface area (TPSA) is 92.5 Å². The first-order valence-electron chi connectivity index (χ1n) is 11.3. The molecule has 174 valence electrons. The molecule has 1 amide bonds. The predicted octanol–water partition coefficient (Wildman–Crippen LogP) is 3.73. The summed E-state index contributed by atoms with van der Waals surface area (Å²) >= 11 is 0. The normalized spacial score (nSPS) is 20.0. The van der Waals surface area contributed by atoms with Crippen molar-refractivity contribution in [2.24, 2.45) is 5.73 Å². The zero-order valence-corrected chi connectivity index (χ0v) is 20.2. The Morgan fingerprint density at radius 3 is 2.06 bits per heavy atom. The molecule has 1 aliphatic rings. The third-order valence-corrected chi connectivity index (χ3v) is 8.09. The number of nitrogens with one attached hydrogen (secondary N) is 1. The van der Waals surface area contributed by atoms with Gasteiger partial charge in [-0.3, -0.25) is 4.79 Å². The molecule has 6 nitrogen and oxygen atoms in total. The Morgan fingerprint density at radius 2 is 1.53 bits per heavy atom. The lowest BCUT2D eigenvalue weighted by atomic mass is 9.99. The van der Waals surface area contributed by atoms with E-state index in [1.807, 2.05) is 24.3 Å². The Balaban J connectivity index is 1.75. The zero-order valence-electron chi connectivity index (χ0n) is 19.4. The average Bonchev–Trinajstić information content (AvgIpc) is 2.77. The van der Waals surface area contributed by atoms with Crippen LogP contribution in [0.15, 0.2) is 53.4 Å². The number of nitrogens with zero attached hydrogens (tertiary/aromatic N) is 1. The van der Waals surface area contributed by atoms with Crippen molar-refractivity contribution >= 4 is 15.9 Å². The molecule has 0 aliphatic carbocycles. The molecule has 0 spiro atoms. The molecule has 1 saturated heterocycles. The summed E-state index contributed by atoms with van der Waals surface area (Å²) in [6.45, 7) is 8.97. The fraction of sp³-hybridized carbons (Fsp3) is 0.480. The summed E-state index contributed by atoms with van der Waals surface area (Å²) in [6, 6.07) is 14.0. The van der Waals surface area contributed by atoms with Gasteiger partial charge < -0.3 is 11.1 Å². The van der Waals surface area contributed by atoms with Gasteiger partial charge in [-0.2, -0.15) is 4.31 Å². The van der Waals surface area contributed by atoms with Crippen LogP contribution in [-0.4, -0.2) is 37.3 Å². The molecule has 0 saturated carbocycles. The molecule has 1 fully saturated rings. The molecule has 0 aromatic heterocycles. The third kappa shape index (κ3) is 5.57. The summed E-state index contributed by atoms with van der Waals surface area (Å²) in [7, 11) is -3.80. The van der Waals surface area contributed by atoms with Crippen molar-refractivity contribution in [3.05, 3.63) is 65.2 Å². The van der Waals surface area contributed by atoms with Gasteiger partial charge in [0.05, 0.1) is 4.90 Å². The van der Waals surface area contributed by atoms with Gasteiger partial charge in [0, 0.05) is 19.1 Å². The van der Waals surface area contributed by atoms with Gasteiger partial charge in [0.15, 0.2) is 0 Å². The SMILES string of the molecule is CC(C)c1ccc(CNC(=O)[C@H]2C[C@H](N)CCN2S(=O)(=O)c2ccc(C(C)C)cc2)cc1. The Hall–Kier alpha value is -2.22. The predicted molar refractivity (Wildman–Crippen MR) is 128 cm³/mol. The van der Waals surface area contributed by atoms with Crippen LogP contribution in [0, 0.1) is 0 Å². The number of hydrogen-bond acceptors (Lipinski definition) is 4. The van der Waals surface area contributed by atoms with Crippen LogP contribution in [-0.2, 0) is 21.4 Å². The van der Waals surface area contributed by atoms with Gasteiger partial charge in [-0.15, -0.1) is 0 Å². The highest BCUT2D eigenvalue weighted by Gasteiger charge is 2.39. The minimum absolute atomic E-state index is 0.203. The number of carbonyl (C=O) groups is 1. The zero-order chi connectivity index (χ0) is 23.5. The van der Waals surface area contributed by atoms with Gasteiger partial charge in [-0.05, 0) is 53.5 Å². The van der Waals surface area contributed by atoms with E-state index in [-0.39, 0.29) is 23.4 Å². The Morgan fingerprint density at radius 1 is 1.00 bits per heavy atom. The molecule has 0 bridgehead atoms. The number of piperidine rings is 1. The Bertz CT molecular complexity index is 1020. The van der Waals surface area contributed by atoms with Gasteiger partial charge in [-0.25, -0.2) is 8.42 Å². The second kappa shape index (κ2) is 10.1. The maximum atomic E-state index is 13.4. The first-order valence-corrected chi connectivity index (χ1v) is 12.8. The number of sulfonamides is 1. The lowest BCUT2D eigenvalue weighted by molar-refractivity contribution is -0.126. The van der Waals surface area contributed by atoms with Crippen molar-refractivity contribution in [2.75, 3.05) is 6.54 Å². The van der Waals surface area contributed by atoms with Crippen molar-refractivity contribution in [3.8, 4) is 0 Å². The van der Waals surface area contributed by atoms with Crippen molar-refractivity contribution < 1.29 is 13.2 Å². The molecule has 2 aromatic carbocycles. The number of rotatable bonds is 7. The van der Waals surface area contributed by atoms with E-state index in [4.69, 9.17) is 5.73 Å². The minimum Gasteiger partial charge on any atom is -0.351 e. The smallest absolute Gasteiger partial charge is 0.243 e. The first-order chi connectivity index (χ1) is 15.1. The number of nitrogens with two attached hydrogens (primary N) is 1. The van der Waals surface area contributed by atoms with Crippen molar-refractivity contribution in [1.29, 1.82) is 0 Å². The molecular formula is C25H35N3O3S. The van der Waals surface area contributed by atoms with Gasteiger partial charge in [0.1, 0.15) is 6.04 Å². The molecule has 2 aromatic rings. The molecule has 3 rings (SSSR count). The lowest BCUT2D eigenvalue weighted by Gasteiger charge is -2.36. The number of carbonyl (C=O) groups excluding carboxylic acids is 1. The van der Waals surface area contributed by atoms with Crippen LogP contribution >= 0.6 is 0 Å². The summed E-state index contributed by atoms with van der Waals surface area (Å²) < 4.78 is 28.1. The highest BCUT2D eigenvalue weighted by Crippen LogP contribution is 2.27. The number of hydrogen-bond donors (Lipinski definition) is 2. The molecule has 0 radical (unpaired) electrons. The van der Waals surface area contributed by atoms with E-state index in [0.29, 0.717) is 31.2 Å². The Labute approximate surface area is 192 Å². The Kier molecular flexibility index (Phi) is 7.75. The number of benzene rings is 2. The van der Waals surface area contributed by atoms with Gasteiger partial charge >= 0.3 is 0 Å². The van der Waals surface area contributed by atoms with Gasteiger partial charge in [0.25, 0.3) is 0 Å². The minimum atomic E-state index is -3.80. The maximum Gasteiger partial charge on any atom is 0.243 e. The lowest BCUT2D eigenvalue weighted by Crippen LogP contribution is -2.55. The van der Waals surface area contributed by atoms with Crippen molar-refractivity contribution in [3.63, 3.8) is 0 Å². The highest BCUT2D eigenvalue weighted by molar-refractivity contribution is 7.89. The van der Waals surface area contributed by atoms with E-state index < -0.39 is 16.1 Å². The van der Waals surface area contributed by atoms with E-state index in [2.05, 4.69) is 45.1 Å². The molecular weight excluding hydrogens is 422 g/mol. The molecule has 7 heteroatoms. The maximum absolute atomic E-state index is 13.4. The van der Waals surface area contributed by atoms with Crippen LogP contribution < -0.4 is 11.1 Å². The van der Waals surface area contributed by atoms with Gasteiger partial charge in [0.2, 0.25) is 15.9 Å². The summed E-state index contributed by atoms with van der Waals surface area (Å²) in [5, 5.41) is 2.91. The summed E-state index contributed by atoms with van der Waals surface area (Å²) in [6.07, 6.45) is 0.838. The standard InChI is InChI=1S/C25H35N3O3S/c1-17(2)20-7-5-19(6-8-20)16-27-25(29)24-15-22(26)13-14-28(24)32(30,31)23-11-9-21(10-12-23)18(3)4/h5-12,17-18,22,24H,13-16,26H2,1-4H3,(H,27,29)/t22-,24-/m1/s1. The summed E-state index contributed by atoms with van der Waals surface area (Å²) in [5.41, 5.74) is 9.39. The quantitative estimate of drug-likeness (QED) is 0.663. The molecule has 2 atom stereocenters. The van der Waals surface area contributed by atoms with E-state index in [1.165, 1.54) is 9.87 Å². The van der Waals surface area contributed by atoms with Crippen LogP contribution in [0.25, 0.3) is 0 Å². The first kappa shape index (κ1) is 24.4. The van der Waals surface area contributed by atoms with Crippen LogP contribution in [0.5, 0.6) is 0 Å². The van der Waals surface area contributed by atoms with Gasteiger partial charge in [-0.1, -0.05) is 64.1 Å². The third-order valence-electron chi connectivity index (χ3n) is 6.16. The van der Waals surface area contributed by atoms with E-state index in [0.717, 1.165) is 11.1 Å². The largest absolute Gasteiger partial charge is 0.351 e. The monoisotopic (exact) mass is 457 g/mol. The van der Waals surface area contributed by atoms with Crippen LogP contribution in [0.4, 0.5) is 0 Å². The molecule has 1 heterocycles. The van der Waals surface area contributed by atoms with E-state index >= 15 is 0 Å². The second-order valence-corrected chi connectivity index (χ2v) is 11.1. The fourth-order valence-electron chi connectivity index (χ4n) is 3.98. The molecule has 0 unspecified atom stereocenters. The molecule has 1 aliphatic heterocycles. The van der Waals surface area contributed by atoms with Crippen LogP contribution in [0.3, 0.4) is 0 Å². The highest BCUT2D eigenvalue weighted by atomic mass is 32.2. The average molecular weight is 458 g/mol. The summed E-state index contributed by atoms with van der Waals surface area (Å²) in [4.78, 5) is 13.3. The molecule has 32 heavy (non-hydrogen) atoms. The summed E-state index contributed by atoms with van der Waals surface area (Å²) in [5.74, 6) is 0.444. The van der Waals surface area contributed by atoms with E-state index in [1.54, 1.807) is 12.1 Å². The van der Waals surface area contributed by atoms with Crippen molar-refractivity contribution in [1.82, 2.24) is 9.62 Å². The van der Waals surface area contributed by atoms with Crippen LogP contribution in [0.2, 0.25) is 0 Å². The fourth-order valence-corrected chi connectivity index (χ4v) is 5.60. The van der Waals surface area contributed by atoms with Crippen molar-refractivity contribution in [2.45, 2.75) is 75.9 Å².